The van der Waals surface area contributed by atoms with E-state index in [1.165, 1.54) is 16.4 Å². The highest BCUT2D eigenvalue weighted by molar-refractivity contribution is 7.89. The Bertz CT molecular complexity index is 719. The highest BCUT2D eigenvalue weighted by atomic mass is 35.5. The quantitative estimate of drug-likeness (QED) is 0.653. The number of hydrogen-bond acceptors (Lipinski definition) is 4. The molecule has 2 rings (SSSR count). The van der Waals surface area contributed by atoms with Crippen molar-refractivity contribution in [3.63, 3.8) is 0 Å². The van der Waals surface area contributed by atoms with Gasteiger partial charge in [0.1, 0.15) is 4.90 Å². The number of nitrogens with zero attached hydrogens (tertiary/aromatic N) is 1. The highest BCUT2D eigenvalue weighted by Gasteiger charge is 2.33. The first-order chi connectivity index (χ1) is 12.4. The summed E-state index contributed by atoms with van der Waals surface area (Å²) in [5, 5.41) is 3.34. The minimum Gasteiger partial charge on any atom is -0.382 e. The van der Waals surface area contributed by atoms with E-state index in [0.717, 1.165) is 6.42 Å². The Kier molecular flexibility index (Phi) is 8.16. The molecule has 1 aromatic rings. The summed E-state index contributed by atoms with van der Waals surface area (Å²) in [6.45, 7) is 4.34. The minimum atomic E-state index is -3.72. The third-order valence-corrected chi connectivity index (χ3v) is 6.92. The molecule has 0 aromatic heterocycles. The molecule has 146 valence electrons. The van der Waals surface area contributed by atoms with Crippen LogP contribution in [-0.2, 0) is 19.6 Å². The molecule has 0 aliphatic carbocycles. The molecule has 26 heavy (non-hydrogen) atoms. The van der Waals surface area contributed by atoms with E-state index in [4.69, 9.17) is 27.9 Å². The van der Waals surface area contributed by atoms with Crippen molar-refractivity contribution in [2.75, 3.05) is 32.8 Å². The molecule has 0 atom stereocenters. The van der Waals surface area contributed by atoms with Crippen LogP contribution >= 0.6 is 23.2 Å². The zero-order chi connectivity index (χ0) is 19.2. The van der Waals surface area contributed by atoms with Crippen molar-refractivity contribution in [1.29, 1.82) is 0 Å². The summed E-state index contributed by atoms with van der Waals surface area (Å²) in [7, 11) is -3.72. The molecule has 1 aliphatic rings. The van der Waals surface area contributed by atoms with Crippen molar-refractivity contribution < 1.29 is 17.9 Å². The van der Waals surface area contributed by atoms with Crippen LogP contribution in [-0.4, -0.2) is 51.5 Å². The number of halogens is 2. The Morgan fingerprint density at radius 2 is 2.00 bits per heavy atom. The molecule has 1 heterocycles. The van der Waals surface area contributed by atoms with Crippen LogP contribution < -0.4 is 5.32 Å². The van der Waals surface area contributed by atoms with Gasteiger partial charge in [-0.25, -0.2) is 8.42 Å². The second-order valence-electron chi connectivity index (χ2n) is 6.09. The monoisotopic (exact) mass is 422 g/mol. The van der Waals surface area contributed by atoms with Gasteiger partial charge in [0.25, 0.3) is 0 Å². The molecule has 0 saturated carbocycles. The molecular formula is C17H24Cl2N2O4S. The largest absolute Gasteiger partial charge is 0.382 e. The summed E-state index contributed by atoms with van der Waals surface area (Å²) in [4.78, 5) is 12.2. The number of hydrogen-bond donors (Lipinski definition) is 1. The van der Waals surface area contributed by atoms with Gasteiger partial charge in [0.2, 0.25) is 15.9 Å². The van der Waals surface area contributed by atoms with Crippen molar-refractivity contribution in [3.8, 4) is 0 Å². The van der Waals surface area contributed by atoms with Crippen LogP contribution in [0.1, 0.15) is 26.2 Å². The van der Waals surface area contributed by atoms with E-state index in [-0.39, 0.29) is 34.8 Å². The third-order valence-electron chi connectivity index (χ3n) is 4.30. The van der Waals surface area contributed by atoms with Gasteiger partial charge in [-0.1, -0.05) is 23.2 Å². The third kappa shape index (κ3) is 5.57. The molecule has 0 radical (unpaired) electrons. The lowest BCUT2D eigenvalue weighted by atomic mass is 9.97. The number of piperidine rings is 1. The molecule has 0 bridgehead atoms. The van der Waals surface area contributed by atoms with Gasteiger partial charge in [0, 0.05) is 43.8 Å². The Morgan fingerprint density at radius 3 is 2.65 bits per heavy atom. The van der Waals surface area contributed by atoms with E-state index < -0.39 is 10.0 Å². The maximum atomic E-state index is 12.8. The second-order valence-corrected chi connectivity index (χ2v) is 8.84. The van der Waals surface area contributed by atoms with Gasteiger partial charge in [-0.05, 0) is 44.4 Å². The van der Waals surface area contributed by atoms with E-state index >= 15 is 0 Å². The lowest BCUT2D eigenvalue weighted by Crippen LogP contribution is -2.43. The number of carbonyl (C=O) groups excluding carboxylic acids is 1. The molecule has 1 amide bonds. The highest BCUT2D eigenvalue weighted by Crippen LogP contribution is 2.30. The SMILES string of the molecule is CCOCCCNC(=O)C1CCN(S(=O)(=O)c2cc(Cl)ccc2Cl)CC1. The van der Waals surface area contributed by atoms with Gasteiger partial charge in [-0.15, -0.1) is 0 Å². The Labute approximate surface area is 164 Å². The van der Waals surface area contributed by atoms with Crippen molar-refractivity contribution in [1.82, 2.24) is 9.62 Å². The molecule has 1 aliphatic heterocycles. The number of amides is 1. The van der Waals surface area contributed by atoms with E-state index in [0.29, 0.717) is 37.6 Å². The fourth-order valence-corrected chi connectivity index (χ4v) is 5.05. The van der Waals surface area contributed by atoms with Gasteiger partial charge in [0.05, 0.1) is 5.02 Å². The topological polar surface area (TPSA) is 75.7 Å². The smallest absolute Gasteiger partial charge is 0.244 e. The van der Waals surface area contributed by atoms with E-state index in [1.807, 2.05) is 6.92 Å². The minimum absolute atomic E-state index is 0.00509. The molecule has 0 spiro atoms. The summed E-state index contributed by atoms with van der Waals surface area (Å²) in [5.41, 5.74) is 0. The van der Waals surface area contributed by atoms with Gasteiger partial charge in [0.15, 0.2) is 0 Å². The predicted octanol–water partition coefficient (Wildman–Crippen LogP) is 2.94. The van der Waals surface area contributed by atoms with Gasteiger partial charge >= 0.3 is 0 Å². The summed E-state index contributed by atoms with van der Waals surface area (Å²) in [5.74, 6) is -0.206. The molecule has 9 heteroatoms. The van der Waals surface area contributed by atoms with Crippen LogP contribution in [0, 0.1) is 5.92 Å². The van der Waals surface area contributed by atoms with Crippen LogP contribution in [0.5, 0.6) is 0 Å². The maximum absolute atomic E-state index is 12.8. The normalized spacial score (nSPS) is 16.6. The molecule has 1 N–H and O–H groups in total. The average Bonchev–Trinajstić information content (AvgIpc) is 2.63. The van der Waals surface area contributed by atoms with Crippen LogP contribution in [0.2, 0.25) is 10.0 Å². The molecule has 0 unspecified atom stereocenters. The fourth-order valence-electron chi connectivity index (χ4n) is 2.85. The van der Waals surface area contributed by atoms with Gasteiger partial charge in [-0.2, -0.15) is 4.31 Å². The van der Waals surface area contributed by atoms with Crippen LogP contribution in [0.4, 0.5) is 0 Å². The zero-order valence-corrected chi connectivity index (χ0v) is 17.0. The fraction of sp³-hybridized carbons (Fsp3) is 0.588. The van der Waals surface area contributed by atoms with E-state index in [1.54, 1.807) is 6.07 Å². The summed E-state index contributed by atoms with van der Waals surface area (Å²) >= 11 is 11.9. The molecule has 6 nitrogen and oxygen atoms in total. The number of rotatable bonds is 8. The van der Waals surface area contributed by atoms with Crippen LogP contribution in [0.3, 0.4) is 0 Å². The van der Waals surface area contributed by atoms with Crippen molar-refractivity contribution in [3.05, 3.63) is 28.2 Å². The van der Waals surface area contributed by atoms with Crippen molar-refractivity contribution in [2.45, 2.75) is 31.1 Å². The number of ether oxygens (including phenoxy) is 1. The maximum Gasteiger partial charge on any atom is 0.244 e. The standard InChI is InChI=1S/C17H24Cl2N2O4S/c1-2-25-11-3-8-20-17(22)13-6-9-21(10-7-13)26(23,24)16-12-14(18)4-5-15(16)19/h4-5,12-13H,2-3,6-11H2,1H3,(H,20,22). The Hall–Kier alpha value is -0.860. The first kappa shape index (κ1) is 21.4. The first-order valence-corrected chi connectivity index (χ1v) is 10.9. The summed E-state index contributed by atoms with van der Waals surface area (Å²) < 4.78 is 32.1. The van der Waals surface area contributed by atoms with Gasteiger partial charge < -0.3 is 10.1 Å². The molecule has 1 aromatic carbocycles. The number of nitrogens with one attached hydrogen (secondary N) is 1. The van der Waals surface area contributed by atoms with Crippen LogP contribution in [0.25, 0.3) is 0 Å². The summed E-state index contributed by atoms with van der Waals surface area (Å²) in [6.07, 6.45) is 1.73. The Balaban J connectivity index is 1.89. The lowest BCUT2D eigenvalue weighted by molar-refractivity contribution is -0.126. The van der Waals surface area contributed by atoms with E-state index in [2.05, 4.69) is 5.32 Å². The molecule has 1 fully saturated rings. The number of benzene rings is 1. The van der Waals surface area contributed by atoms with E-state index in [9.17, 15) is 13.2 Å². The first-order valence-electron chi connectivity index (χ1n) is 8.67. The van der Waals surface area contributed by atoms with Gasteiger partial charge in [-0.3, -0.25) is 4.79 Å². The number of carbonyl (C=O) groups is 1. The van der Waals surface area contributed by atoms with Crippen LogP contribution in [0.15, 0.2) is 23.1 Å². The molecular weight excluding hydrogens is 399 g/mol. The number of sulfonamides is 1. The Morgan fingerprint density at radius 1 is 1.31 bits per heavy atom. The second kappa shape index (κ2) is 9.90. The molecule has 1 saturated heterocycles. The van der Waals surface area contributed by atoms with Crippen molar-refractivity contribution in [2.24, 2.45) is 5.92 Å². The predicted molar refractivity (Wildman–Crippen MR) is 102 cm³/mol. The van der Waals surface area contributed by atoms with Crippen molar-refractivity contribution >= 4 is 39.1 Å². The lowest BCUT2D eigenvalue weighted by Gasteiger charge is -2.30. The average molecular weight is 423 g/mol. The zero-order valence-electron chi connectivity index (χ0n) is 14.7. The summed E-state index contributed by atoms with van der Waals surface area (Å²) in [6, 6.07) is 4.38.